The SMILES string of the molecule is CC1=C[C@@](C)(c2cc(NC(=O)c3ncc(F)cc3F)ccn2)N=C(N)O1. The van der Waals surface area contributed by atoms with Gasteiger partial charge in [0, 0.05) is 18.0 Å². The normalized spacial score (nSPS) is 19.2. The maximum absolute atomic E-state index is 13.7. The highest BCUT2D eigenvalue weighted by molar-refractivity contribution is 6.03. The molecule has 3 N–H and O–H groups in total. The van der Waals surface area contributed by atoms with Crippen molar-refractivity contribution in [3.05, 3.63) is 65.5 Å². The Balaban J connectivity index is 1.88. The molecule has 3 rings (SSSR count). The summed E-state index contributed by atoms with van der Waals surface area (Å²) < 4.78 is 31.8. The van der Waals surface area contributed by atoms with Crippen LogP contribution in [0.25, 0.3) is 0 Å². The predicted molar refractivity (Wildman–Crippen MR) is 90.2 cm³/mol. The van der Waals surface area contributed by atoms with Gasteiger partial charge in [-0.2, -0.15) is 0 Å². The molecule has 0 radical (unpaired) electrons. The van der Waals surface area contributed by atoms with Gasteiger partial charge in [-0.15, -0.1) is 0 Å². The number of carbonyl (C=O) groups excluding carboxylic acids is 1. The first kappa shape index (κ1) is 17.5. The highest BCUT2D eigenvalue weighted by atomic mass is 19.1. The van der Waals surface area contributed by atoms with E-state index in [2.05, 4.69) is 20.3 Å². The molecular weight excluding hydrogens is 344 g/mol. The molecule has 2 aromatic heterocycles. The zero-order chi connectivity index (χ0) is 18.9. The summed E-state index contributed by atoms with van der Waals surface area (Å²) in [6.07, 6.45) is 3.97. The Hall–Kier alpha value is -3.36. The number of nitrogens with one attached hydrogen (secondary N) is 1. The molecule has 2 aromatic rings. The molecule has 7 nitrogen and oxygen atoms in total. The lowest BCUT2D eigenvalue weighted by Gasteiger charge is -2.26. The fourth-order valence-corrected chi connectivity index (χ4v) is 2.56. The number of aliphatic imine (C=N–C) groups is 1. The molecule has 0 spiro atoms. The highest BCUT2D eigenvalue weighted by Crippen LogP contribution is 2.31. The maximum Gasteiger partial charge on any atom is 0.288 e. The third-order valence-corrected chi connectivity index (χ3v) is 3.65. The van der Waals surface area contributed by atoms with Crippen molar-refractivity contribution in [3.63, 3.8) is 0 Å². The van der Waals surface area contributed by atoms with E-state index in [1.54, 1.807) is 26.0 Å². The average Bonchev–Trinajstić information content (AvgIpc) is 2.53. The summed E-state index contributed by atoms with van der Waals surface area (Å²) in [7, 11) is 0. The number of allylic oxidation sites excluding steroid dienone is 1. The standard InChI is InChI=1S/C17H15F2N5O2/c1-9-7-17(2,24-16(20)26-9)13-6-11(3-4-21-13)23-15(25)14-12(19)5-10(18)8-22-14/h3-8H,1-2H3,(H2,20,24)(H,21,23,25)/t17-/m0/s1. The van der Waals surface area contributed by atoms with Crippen LogP contribution in [0.5, 0.6) is 0 Å². The number of halogens is 2. The third-order valence-electron chi connectivity index (χ3n) is 3.65. The Morgan fingerprint density at radius 3 is 2.77 bits per heavy atom. The Morgan fingerprint density at radius 2 is 2.08 bits per heavy atom. The van der Waals surface area contributed by atoms with Gasteiger partial charge in [0.25, 0.3) is 11.9 Å². The molecule has 26 heavy (non-hydrogen) atoms. The molecule has 1 aliphatic heterocycles. The van der Waals surface area contributed by atoms with Crippen molar-refractivity contribution in [2.75, 3.05) is 5.32 Å². The minimum Gasteiger partial charge on any atom is -0.431 e. The van der Waals surface area contributed by atoms with Crippen LogP contribution in [0.2, 0.25) is 0 Å². The molecule has 0 saturated carbocycles. The van der Waals surface area contributed by atoms with Crippen molar-refractivity contribution in [1.82, 2.24) is 9.97 Å². The minimum atomic E-state index is -1.05. The van der Waals surface area contributed by atoms with Crippen LogP contribution in [0, 0.1) is 11.6 Å². The zero-order valence-electron chi connectivity index (χ0n) is 14.0. The molecule has 0 bridgehead atoms. The van der Waals surface area contributed by atoms with Crippen molar-refractivity contribution >= 4 is 17.6 Å². The molecule has 0 aromatic carbocycles. The minimum absolute atomic E-state index is 0.00122. The van der Waals surface area contributed by atoms with Gasteiger partial charge in [0.2, 0.25) is 0 Å². The van der Waals surface area contributed by atoms with Crippen LogP contribution in [0.3, 0.4) is 0 Å². The summed E-state index contributed by atoms with van der Waals surface area (Å²) in [6.45, 7) is 3.51. The number of amidine groups is 1. The Labute approximate surface area is 147 Å². The van der Waals surface area contributed by atoms with Crippen LogP contribution in [-0.2, 0) is 10.3 Å². The Morgan fingerprint density at radius 1 is 1.31 bits per heavy atom. The molecule has 0 fully saturated rings. The summed E-state index contributed by atoms with van der Waals surface area (Å²) in [5.74, 6) is -2.17. The van der Waals surface area contributed by atoms with Crippen LogP contribution in [0.1, 0.15) is 30.0 Å². The largest absolute Gasteiger partial charge is 0.431 e. The lowest BCUT2D eigenvalue weighted by Crippen LogP contribution is -2.30. The lowest BCUT2D eigenvalue weighted by molar-refractivity contribution is 0.101. The summed E-state index contributed by atoms with van der Waals surface area (Å²) in [4.78, 5) is 24.2. The van der Waals surface area contributed by atoms with E-state index in [1.807, 2.05) is 0 Å². The second kappa shape index (κ2) is 6.51. The fraction of sp³-hybridized carbons (Fsp3) is 0.176. The van der Waals surface area contributed by atoms with Gasteiger partial charge in [0.15, 0.2) is 11.5 Å². The van der Waals surface area contributed by atoms with Crippen LogP contribution in [0.4, 0.5) is 14.5 Å². The van der Waals surface area contributed by atoms with E-state index in [9.17, 15) is 13.6 Å². The first-order chi connectivity index (χ1) is 12.3. The van der Waals surface area contributed by atoms with Gasteiger partial charge in [0.05, 0.1) is 11.9 Å². The molecule has 0 aliphatic carbocycles. The van der Waals surface area contributed by atoms with E-state index in [1.165, 1.54) is 12.3 Å². The van der Waals surface area contributed by atoms with Crippen molar-refractivity contribution in [1.29, 1.82) is 0 Å². The third kappa shape index (κ3) is 3.51. The summed E-state index contributed by atoms with van der Waals surface area (Å²) in [5.41, 5.74) is 5.11. The van der Waals surface area contributed by atoms with Gasteiger partial charge in [-0.3, -0.25) is 9.78 Å². The molecule has 9 heteroatoms. The number of pyridine rings is 2. The molecule has 1 amide bonds. The quantitative estimate of drug-likeness (QED) is 0.876. The van der Waals surface area contributed by atoms with Gasteiger partial charge < -0.3 is 15.8 Å². The van der Waals surface area contributed by atoms with E-state index in [0.29, 0.717) is 23.2 Å². The number of hydrogen-bond donors (Lipinski definition) is 2. The topological polar surface area (TPSA) is 102 Å². The van der Waals surface area contributed by atoms with Gasteiger partial charge in [-0.05, 0) is 32.1 Å². The van der Waals surface area contributed by atoms with Crippen molar-refractivity contribution in [2.24, 2.45) is 10.7 Å². The Bertz CT molecular complexity index is 925. The van der Waals surface area contributed by atoms with Crippen LogP contribution in [-0.4, -0.2) is 21.9 Å². The molecular formula is C17H15F2N5O2. The smallest absolute Gasteiger partial charge is 0.288 e. The number of hydrogen-bond acceptors (Lipinski definition) is 6. The molecule has 1 aliphatic rings. The van der Waals surface area contributed by atoms with Crippen LogP contribution < -0.4 is 11.1 Å². The summed E-state index contributed by atoms with van der Waals surface area (Å²) in [5, 5.41) is 2.50. The fourth-order valence-electron chi connectivity index (χ4n) is 2.56. The van der Waals surface area contributed by atoms with Crippen molar-refractivity contribution in [2.45, 2.75) is 19.4 Å². The van der Waals surface area contributed by atoms with Crippen LogP contribution >= 0.6 is 0 Å². The number of carbonyl (C=O) groups is 1. The number of aromatic nitrogens is 2. The van der Waals surface area contributed by atoms with Crippen molar-refractivity contribution in [3.8, 4) is 0 Å². The maximum atomic E-state index is 13.7. The van der Waals surface area contributed by atoms with Gasteiger partial charge in [-0.1, -0.05) is 0 Å². The number of anilines is 1. The van der Waals surface area contributed by atoms with E-state index in [0.717, 1.165) is 6.20 Å². The molecule has 3 heterocycles. The monoisotopic (exact) mass is 359 g/mol. The van der Waals surface area contributed by atoms with Gasteiger partial charge >= 0.3 is 0 Å². The number of nitrogens with zero attached hydrogens (tertiary/aromatic N) is 3. The summed E-state index contributed by atoms with van der Waals surface area (Å²) >= 11 is 0. The van der Waals surface area contributed by atoms with Gasteiger partial charge in [-0.25, -0.2) is 18.8 Å². The summed E-state index contributed by atoms with van der Waals surface area (Å²) in [6, 6.07) is 3.69. The average molecular weight is 359 g/mol. The van der Waals surface area contributed by atoms with E-state index in [4.69, 9.17) is 10.5 Å². The van der Waals surface area contributed by atoms with E-state index >= 15 is 0 Å². The number of nitrogens with two attached hydrogens (primary N) is 1. The van der Waals surface area contributed by atoms with Crippen molar-refractivity contribution < 1.29 is 18.3 Å². The van der Waals surface area contributed by atoms with Gasteiger partial charge in [0.1, 0.15) is 17.1 Å². The van der Waals surface area contributed by atoms with E-state index in [-0.39, 0.29) is 6.02 Å². The number of rotatable bonds is 3. The first-order valence-electron chi connectivity index (χ1n) is 7.58. The predicted octanol–water partition coefficient (Wildman–Crippen LogP) is 2.47. The molecule has 1 atom stereocenters. The Kier molecular flexibility index (Phi) is 4.37. The zero-order valence-corrected chi connectivity index (χ0v) is 14.0. The second-order valence-corrected chi connectivity index (χ2v) is 5.82. The second-order valence-electron chi connectivity index (χ2n) is 5.82. The number of amides is 1. The molecule has 0 saturated heterocycles. The highest BCUT2D eigenvalue weighted by Gasteiger charge is 2.30. The van der Waals surface area contributed by atoms with Crippen LogP contribution in [0.15, 0.2) is 47.4 Å². The molecule has 134 valence electrons. The first-order valence-corrected chi connectivity index (χ1v) is 7.58. The molecule has 0 unspecified atom stereocenters. The van der Waals surface area contributed by atoms with E-state index < -0.39 is 28.8 Å². The lowest BCUT2D eigenvalue weighted by atomic mass is 9.96. The number of ether oxygens (including phenoxy) is 1.